The molecule has 0 unspecified atom stereocenters. The van der Waals surface area contributed by atoms with Crippen molar-refractivity contribution >= 4 is 17.4 Å². The van der Waals surface area contributed by atoms with Crippen LogP contribution in [0.2, 0.25) is 5.02 Å². The fourth-order valence-electron chi connectivity index (χ4n) is 1.63. The highest BCUT2D eigenvalue weighted by atomic mass is 35.5. The van der Waals surface area contributed by atoms with Crippen LogP contribution in [0.1, 0.15) is 30.9 Å². The zero-order valence-corrected chi connectivity index (χ0v) is 12.0. The maximum atomic E-state index is 11.3. The largest absolute Gasteiger partial charge is 0.485 e. The number of ketones is 1. The first kappa shape index (κ1) is 15.0. The van der Waals surface area contributed by atoms with Crippen molar-refractivity contribution in [1.82, 2.24) is 0 Å². The van der Waals surface area contributed by atoms with Crippen molar-refractivity contribution in [3.63, 3.8) is 0 Å². The molecule has 0 aromatic heterocycles. The van der Waals surface area contributed by atoms with Gasteiger partial charge in [-0.05, 0) is 36.1 Å². The zero-order chi connectivity index (χ0) is 13.7. The summed E-state index contributed by atoms with van der Waals surface area (Å²) >= 11 is 6.17. The van der Waals surface area contributed by atoms with E-state index in [-0.39, 0.29) is 19.0 Å². The van der Waals surface area contributed by atoms with E-state index < -0.39 is 0 Å². The van der Waals surface area contributed by atoms with Crippen molar-refractivity contribution in [2.45, 2.75) is 26.7 Å². The second-order valence-electron chi connectivity index (χ2n) is 4.55. The molecule has 0 heterocycles. The van der Waals surface area contributed by atoms with Crippen molar-refractivity contribution in [3.05, 3.63) is 28.3 Å². The monoisotopic (exact) mass is 270 g/mol. The number of carbonyl (C=O) groups excluding carboxylic acids is 1. The predicted molar refractivity (Wildman–Crippen MR) is 72.7 cm³/mol. The lowest BCUT2D eigenvalue weighted by Gasteiger charge is -2.14. The third-order valence-corrected chi connectivity index (χ3v) is 2.94. The van der Waals surface area contributed by atoms with Crippen LogP contribution in [0.5, 0.6) is 5.75 Å². The molecule has 1 aromatic rings. The summed E-state index contributed by atoms with van der Waals surface area (Å²) in [5.74, 6) is 0.931. The van der Waals surface area contributed by atoms with E-state index in [9.17, 15) is 4.79 Å². The number of hydrogen-bond acceptors (Lipinski definition) is 3. The van der Waals surface area contributed by atoms with Crippen LogP contribution in [-0.4, -0.2) is 26.1 Å². The molecule has 0 spiro atoms. The summed E-state index contributed by atoms with van der Waals surface area (Å²) in [5.41, 5.74) is 1.95. The quantitative estimate of drug-likeness (QED) is 0.795. The van der Waals surface area contributed by atoms with Gasteiger partial charge >= 0.3 is 0 Å². The van der Waals surface area contributed by atoms with Crippen LogP contribution >= 0.6 is 11.6 Å². The van der Waals surface area contributed by atoms with Gasteiger partial charge in [-0.15, -0.1) is 0 Å². The van der Waals surface area contributed by atoms with E-state index >= 15 is 0 Å². The third-order valence-electron chi connectivity index (χ3n) is 2.61. The van der Waals surface area contributed by atoms with Crippen molar-refractivity contribution < 1.29 is 14.3 Å². The molecule has 0 N–H and O–H groups in total. The number of hydrogen-bond donors (Lipinski definition) is 0. The van der Waals surface area contributed by atoms with Gasteiger partial charge in [-0.25, -0.2) is 0 Å². The molecule has 1 rings (SSSR count). The van der Waals surface area contributed by atoms with Crippen LogP contribution in [0, 0.1) is 6.92 Å². The first-order valence-corrected chi connectivity index (χ1v) is 6.27. The topological polar surface area (TPSA) is 35.5 Å². The Morgan fingerprint density at radius 1 is 1.33 bits per heavy atom. The molecule has 3 nitrogen and oxygen atoms in total. The van der Waals surface area contributed by atoms with Gasteiger partial charge in [-0.2, -0.15) is 0 Å². The van der Waals surface area contributed by atoms with E-state index in [2.05, 4.69) is 13.8 Å². The molecule has 0 saturated heterocycles. The first-order chi connectivity index (χ1) is 8.45. The highest BCUT2D eigenvalue weighted by Crippen LogP contribution is 2.31. The molecule has 1 aromatic carbocycles. The van der Waals surface area contributed by atoms with Crippen LogP contribution in [0.25, 0.3) is 0 Å². The Hall–Kier alpha value is -1.06. The molecule has 0 saturated carbocycles. The van der Waals surface area contributed by atoms with E-state index in [1.54, 1.807) is 0 Å². The van der Waals surface area contributed by atoms with E-state index in [0.29, 0.717) is 11.7 Å². The number of carbonyl (C=O) groups is 1. The second-order valence-corrected chi connectivity index (χ2v) is 4.96. The molecule has 0 fully saturated rings. The molecule has 0 aliphatic heterocycles. The number of benzene rings is 1. The van der Waals surface area contributed by atoms with E-state index in [0.717, 1.165) is 16.1 Å². The molecule has 0 atom stereocenters. The van der Waals surface area contributed by atoms with Crippen molar-refractivity contribution in [2.75, 3.05) is 20.3 Å². The van der Waals surface area contributed by atoms with E-state index in [1.165, 1.54) is 7.11 Å². The normalized spacial score (nSPS) is 10.8. The van der Waals surface area contributed by atoms with Crippen LogP contribution < -0.4 is 4.74 Å². The summed E-state index contributed by atoms with van der Waals surface area (Å²) in [5, 5.41) is 0.734. The summed E-state index contributed by atoms with van der Waals surface area (Å²) in [7, 11) is 1.49. The number of halogens is 1. The summed E-state index contributed by atoms with van der Waals surface area (Å²) in [4.78, 5) is 11.3. The molecular weight excluding hydrogens is 252 g/mol. The Bertz CT molecular complexity index is 427. The van der Waals surface area contributed by atoms with Gasteiger partial charge in [0.25, 0.3) is 0 Å². The van der Waals surface area contributed by atoms with Crippen LogP contribution in [-0.2, 0) is 9.53 Å². The average Bonchev–Trinajstić information content (AvgIpc) is 2.27. The van der Waals surface area contributed by atoms with Crippen LogP contribution in [0.15, 0.2) is 12.1 Å². The Morgan fingerprint density at radius 2 is 2.00 bits per heavy atom. The minimum atomic E-state index is -0.0852. The second kappa shape index (κ2) is 6.76. The molecule has 100 valence electrons. The zero-order valence-electron chi connectivity index (χ0n) is 11.2. The van der Waals surface area contributed by atoms with Crippen molar-refractivity contribution in [3.8, 4) is 5.75 Å². The van der Waals surface area contributed by atoms with Crippen LogP contribution in [0.4, 0.5) is 0 Å². The summed E-state index contributed by atoms with van der Waals surface area (Å²) in [6.07, 6.45) is 0. The van der Waals surface area contributed by atoms with Gasteiger partial charge in [0.15, 0.2) is 5.78 Å². The maximum Gasteiger partial charge on any atom is 0.195 e. The van der Waals surface area contributed by atoms with Gasteiger partial charge in [0, 0.05) is 12.1 Å². The predicted octanol–water partition coefficient (Wildman–Crippen LogP) is 3.37. The van der Waals surface area contributed by atoms with Gasteiger partial charge in [0.05, 0.1) is 0 Å². The summed E-state index contributed by atoms with van der Waals surface area (Å²) in [6, 6.07) is 3.77. The molecule has 0 bridgehead atoms. The number of aryl methyl sites for hydroxylation is 1. The average molecular weight is 271 g/mol. The molecule has 18 heavy (non-hydrogen) atoms. The summed E-state index contributed by atoms with van der Waals surface area (Å²) in [6.45, 7) is 6.14. The molecule has 0 aliphatic rings. The van der Waals surface area contributed by atoms with Crippen molar-refractivity contribution in [2.24, 2.45) is 0 Å². The Kier molecular flexibility index (Phi) is 5.63. The fraction of sp³-hybridized carbons (Fsp3) is 0.500. The number of Topliss-reactive ketones (excluding diaryl/α,β-unsaturated/α-hetero) is 1. The minimum Gasteiger partial charge on any atom is -0.485 e. The summed E-state index contributed by atoms with van der Waals surface area (Å²) < 4.78 is 10.3. The Labute approximate surface area is 113 Å². The van der Waals surface area contributed by atoms with Gasteiger partial charge in [0.2, 0.25) is 0 Å². The fourth-order valence-corrected chi connectivity index (χ4v) is 2.06. The number of rotatable bonds is 6. The lowest BCUT2D eigenvalue weighted by molar-refractivity contribution is -0.124. The Balaban J connectivity index is 2.82. The third kappa shape index (κ3) is 4.00. The smallest absolute Gasteiger partial charge is 0.195 e. The van der Waals surface area contributed by atoms with E-state index in [1.807, 2.05) is 19.1 Å². The molecule has 0 aliphatic carbocycles. The van der Waals surface area contributed by atoms with Gasteiger partial charge < -0.3 is 9.47 Å². The molecule has 0 radical (unpaired) electrons. The van der Waals surface area contributed by atoms with Gasteiger partial charge in [-0.3, -0.25) is 4.79 Å². The standard InChI is InChI=1S/C14H19ClO3/c1-9(2)12-6-14(10(3)5-13(12)15)18-8-11(16)7-17-4/h5-6,9H,7-8H2,1-4H3. The number of ether oxygens (including phenoxy) is 2. The Morgan fingerprint density at radius 3 is 2.56 bits per heavy atom. The molecule has 4 heteroatoms. The highest BCUT2D eigenvalue weighted by Gasteiger charge is 2.11. The van der Waals surface area contributed by atoms with Crippen molar-refractivity contribution in [1.29, 1.82) is 0 Å². The minimum absolute atomic E-state index is 0.0217. The molecular formula is C14H19ClO3. The SMILES string of the molecule is COCC(=O)COc1cc(C(C)C)c(Cl)cc1C. The molecule has 0 amide bonds. The van der Waals surface area contributed by atoms with Gasteiger partial charge in [-0.1, -0.05) is 25.4 Å². The first-order valence-electron chi connectivity index (χ1n) is 5.89. The maximum absolute atomic E-state index is 11.3. The van der Waals surface area contributed by atoms with Crippen LogP contribution in [0.3, 0.4) is 0 Å². The van der Waals surface area contributed by atoms with E-state index in [4.69, 9.17) is 21.1 Å². The number of methoxy groups -OCH3 is 1. The highest BCUT2D eigenvalue weighted by molar-refractivity contribution is 6.31. The lowest BCUT2D eigenvalue weighted by Crippen LogP contribution is -2.16. The lowest BCUT2D eigenvalue weighted by atomic mass is 10.0. The van der Waals surface area contributed by atoms with Gasteiger partial charge in [0.1, 0.15) is 19.0 Å².